The van der Waals surface area contributed by atoms with Crippen LogP contribution in [0.4, 0.5) is 10.5 Å². The van der Waals surface area contributed by atoms with E-state index >= 15 is 0 Å². The van der Waals surface area contributed by atoms with Crippen LogP contribution in [0.1, 0.15) is 12.0 Å². The fourth-order valence-electron chi connectivity index (χ4n) is 2.41. The lowest BCUT2D eigenvalue weighted by Crippen LogP contribution is -2.49. The highest BCUT2D eigenvalue weighted by molar-refractivity contribution is 6.05. The van der Waals surface area contributed by atoms with E-state index in [0.29, 0.717) is 18.7 Å². The Balaban J connectivity index is 1.80. The average Bonchev–Trinajstić information content (AvgIpc) is 2.49. The van der Waals surface area contributed by atoms with Crippen LogP contribution in [0.2, 0.25) is 0 Å². The van der Waals surface area contributed by atoms with Crippen molar-refractivity contribution in [3.05, 3.63) is 54.1 Å². The van der Waals surface area contributed by atoms with E-state index in [2.05, 4.69) is 5.32 Å². The van der Waals surface area contributed by atoms with Crippen LogP contribution >= 0.6 is 0 Å². The van der Waals surface area contributed by atoms with Gasteiger partial charge in [-0.3, -0.25) is 15.0 Å². The van der Waals surface area contributed by atoms with Crippen LogP contribution in [0.5, 0.6) is 11.5 Å². The number of carbonyl (C=O) groups is 2. The highest BCUT2D eigenvalue weighted by atomic mass is 16.5. The van der Waals surface area contributed by atoms with Crippen LogP contribution in [0, 0.1) is 6.92 Å². The molecular formula is C17H16N2O3. The number of hydrogen-bond donors (Lipinski definition) is 1. The van der Waals surface area contributed by atoms with Crippen molar-refractivity contribution in [1.29, 1.82) is 0 Å². The quantitative estimate of drug-likeness (QED) is 0.946. The van der Waals surface area contributed by atoms with Crippen LogP contribution in [0.15, 0.2) is 48.5 Å². The fraction of sp³-hybridized carbons (Fsp3) is 0.176. The van der Waals surface area contributed by atoms with Crippen LogP contribution in [0.25, 0.3) is 0 Å². The summed E-state index contributed by atoms with van der Waals surface area (Å²) in [6.45, 7) is 2.31. The highest BCUT2D eigenvalue weighted by Crippen LogP contribution is 2.28. The van der Waals surface area contributed by atoms with E-state index in [-0.39, 0.29) is 11.9 Å². The number of hydrogen-bond acceptors (Lipinski definition) is 3. The van der Waals surface area contributed by atoms with Gasteiger partial charge in [0.15, 0.2) is 0 Å². The minimum atomic E-state index is -0.379. The normalized spacial score (nSPS) is 14.7. The van der Waals surface area contributed by atoms with Gasteiger partial charge in [-0.15, -0.1) is 0 Å². The van der Waals surface area contributed by atoms with Crippen molar-refractivity contribution in [3.8, 4) is 11.5 Å². The summed E-state index contributed by atoms with van der Waals surface area (Å²) in [7, 11) is 0. The number of aryl methyl sites for hydroxylation is 1. The van der Waals surface area contributed by atoms with Crippen LogP contribution in [-0.2, 0) is 4.79 Å². The monoisotopic (exact) mass is 296 g/mol. The predicted octanol–water partition coefficient (Wildman–Crippen LogP) is 3.23. The van der Waals surface area contributed by atoms with Crippen LogP contribution in [-0.4, -0.2) is 18.5 Å². The largest absolute Gasteiger partial charge is 0.457 e. The van der Waals surface area contributed by atoms with Crippen molar-refractivity contribution in [2.45, 2.75) is 13.3 Å². The molecule has 22 heavy (non-hydrogen) atoms. The molecule has 112 valence electrons. The molecule has 1 aliphatic heterocycles. The molecule has 3 amide bonds. The number of rotatable bonds is 3. The third-order valence-electron chi connectivity index (χ3n) is 3.49. The number of amides is 3. The second-order valence-corrected chi connectivity index (χ2v) is 5.12. The average molecular weight is 296 g/mol. The van der Waals surface area contributed by atoms with Gasteiger partial charge in [-0.05, 0) is 42.8 Å². The van der Waals surface area contributed by atoms with E-state index in [1.807, 2.05) is 55.5 Å². The predicted molar refractivity (Wildman–Crippen MR) is 83.2 cm³/mol. The number of nitrogens with zero attached hydrogens (tertiary/aromatic N) is 1. The molecule has 1 heterocycles. The zero-order chi connectivity index (χ0) is 15.5. The van der Waals surface area contributed by atoms with Crippen LogP contribution in [0.3, 0.4) is 0 Å². The fourth-order valence-corrected chi connectivity index (χ4v) is 2.41. The highest BCUT2D eigenvalue weighted by Gasteiger charge is 2.25. The lowest BCUT2D eigenvalue weighted by atomic mass is 10.1. The number of carbonyl (C=O) groups excluding carboxylic acids is 2. The minimum absolute atomic E-state index is 0.233. The number of nitrogens with one attached hydrogen (secondary N) is 1. The van der Waals surface area contributed by atoms with Crippen molar-refractivity contribution < 1.29 is 14.3 Å². The zero-order valence-corrected chi connectivity index (χ0v) is 12.2. The Morgan fingerprint density at radius 1 is 1.05 bits per heavy atom. The Morgan fingerprint density at radius 2 is 1.82 bits per heavy atom. The zero-order valence-electron chi connectivity index (χ0n) is 12.2. The third-order valence-corrected chi connectivity index (χ3v) is 3.49. The number of para-hydroxylation sites is 1. The molecule has 2 aromatic rings. The lowest BCUT2D eigenvalue weighted by molar-refractivity contribution is -0.120. The molecule has 0 radical (unpaired) electrons. The first-order valence-corrected chi connectivity index (χ1v) is 7.08. The smallest absolute Gasteiger partial charge is 0.328 e. The molecule has 3 rings (SSSR count). The molecule has 5 heteroatoms. The van der Waals surface area contributed by atoms with Gasteiger partial charge < -0.3 is 4.74 Å². The molecule has 2 aromatic carbocycles. The first-order chi connectivity index (χ1) is 10.6. The number of ether oxygens (including phenoxy) is 1. The maximum absolute atomic E-state index is 11.9. The Hall–Kier alpha value is -2.82. The molecular weight excluding hydrogens is 280 g/mol. The number of anilines is 1. The second-order valence-electron chi connectivity index (χ2n) is 5.12. The van der Waals surface area contributed by atoms with E-state index in [9.17, 15) is 9.59 Å². The van der Waals surface area contributed by atoms with Crippen molar-refractivity contribution >= 4 is 17.6 Å². The molecule has 1 aliphatic rings. The summed E-state index contributed by atoms with van der Waals surface area (Å²) < 4.78 is 5.77. The summed E-state index contributed by atoms with van der Waals surface area (Å²) in [5, 5.41) is 2.33. The van der Waals surface area contributed by atoms with Crippen molar-refractivity contribution in [1.82, 2.24) is 5.32 Å². The number of urea groups is 1. The van der Waals surface area contributed by atoms with E-state index < -0.39 is 0 Å². The van der Waals surface area contributed by atoms with Gasteiger partial charge in [0, 0.05) is 18.7 Å². The van der Waals surface area contributed by atoms with E-state index in [1.54, 1.807) is 4.90 Å². The first-order valence-electron chi connectivity index (χ1n) is 7.08. The maximum Gasteiger partial charge on any atom is 0.328 e. The van der Waals surface area contributed by atoms with Gasteiger partial charge in [0.25, 0.3) is 0 Å². The molecule has 1 N–H and O–H groups in total. The first kappa shape index (κ1) is 14.1. The van der Waals surface area contributed by atoms with Crippen molar-refractivity contribution in [3.63, 3.8) is 0 Å². The molecule has 0 saturated carbocycles. The molecule has 0 aromatic heterocycles. The van der Waals surface area contributed by atoms with E-state index in [1.165, 1.54) is 0 Å². The van der Waals surface area contributed by atoms with Crippen molar-refractivity contribution in [2.24, 2.45) is 0 Å². The molecule has 0 atom stereocenters. The van der Waals surface area contributed by atoms with Gasteiger partial charge in [0.05, 0.1) is 0 Å². The van der Waals surface area contributed by atoms with E-state index in [4.69, 9.17) is 4.74 Å². The molecule has 0 unspecified atom stereocenters. The summed E-state index contributed by atoms with van der Waals surface area (Å²) >= 11 is 0. The number of imide groups is 1. The van der Waals surface area contributed by atoms with Gasteiger partial charge in [0.2, 0.25) is 5.91 Å². The Kier molecular flexibility index (Phi) is 3.78. The molecule has 5 nitrogen and oxygen atoms in total. The van der Waals surface area contributed by atoms with Gasteiger partial charge >= 0.3 is 6.03 Å². The van der Waals surface area contributed by atoms with E-state index in [0.717, 1.165) is 17.0 Å². The SMILES string of the molecule is Cc1cc(Oc2ccccc2)ccc1N1CCC(=O)NC1=O. The summed E-state index contributed by atoms with van der Waals surface area (Å²) in [6.07, 6.45) is 0.313. The van der Waals surface area contributed by atoms with Gasteiger partial charge in [-0.2, -0.15) is 0 Å². The molecule has 0 spiro atoms. The standard InChI is InChI=1S/C17H16N2O3/c1-12-11-14(22-13-5-3-2-4-6-13)7-8-15(12)19-10-9-16(20)18-17(19)21/h2-8,11H,9-10H2,1H3,(H,18,20,21). The van der Waals surface area contributed by atoms with Gasteiger partial charge in [0.1, 0.15) is 11.5 Å². The van der Waals surface area contributed by atoms with Gasteiger partial charge in [-0.1, -0.05) is 18.2 Å². The van der Waals surface area contributed by atoms with Gasteiger partial charge in [-0.25, -0.2) is 4.79 Å². The third kappa shape index (κ3) is 2.93. The lowest BCUT2D eigenvalue weighted by Gasteiger charge is -2.28. The Morgan fingerprint density at radius 3 is 2.50 bits per heavy atom. The van der Waals surface area contributed by atoms with Crippen molar-refractivity contribution in [2.75, 3.05) is 11.4 Å². The topological polar surface area (TPSA) is 58.6 Å². The maximum atomic E-state index is 11.9. The number of benzene rings is 2. The molecule has 0 bridgehead atoms. The van der Waals surface area contributed by atoms with Crippen LogP contribution < -0.4 is 15.0 Å². The summed E-state index contributed by atoms with van der Waals surface area (Å²) in [5.41, 5.74) is 1.70. The molecule has 1 fully saturated rings. The second kappa shape index (κ2) is 5.89. The summed E-state index contributed by atoms with van der Waals surface area (Å²) in [4.78, 5) is 24.7. The Labute approximate surface area is 128 Å². The summed E-state index contributed by atoms with van der Waals surface area (Å²) in [6, 6.07) is 14.7. The molecule has 0 aliphatic carbocycles. The molecule has 1 saturated heterocycles. The Bertz CT molecular complexity index is 713. The summed E-state index contributed by atoms with van der Waals surface area (Å²) in [5.74, 6) is 1.24. The minimum Gasteiger partial charge on any atom is -0.457 e.